The highest BCUT2D eigenvalue weighted by molar-refractivity contribution is 7.09. The minimum Gasteiger partial charge on any atom is -0.311 e. The van der Waals surface area contributed by atoms with Crippen molar-refractivity contribution in [1.29, 1.82) is 0 Å². The summed E-state index contributed by atoms with van der Waals surface area (Å²) in [7, 11) is 0. The van der Waals surface area contributed by atoms with Crippen LogP contribution in [0.2, 0.25) is 0 Å². The second-order valence-electron chi connectivity index (χ2n) is 4.16. The van der Waals surface area contributed by atoms with Gasteiger partial charge in [0.2, 0.25) is 0 Å². The van der Waals surface area contributed by atoms with E-state index in [2.05, 4.69) is 10.3 Å². The molecule has 4 heteroatoms. The number of rotatable bonds is 4. The van der Waals surface area contributed by atoms with Gasteiger partial charge < -0.3 is 5.32 Å². The molecule has 0 aliphatic heterocycles. The van der Waals surface area contributed by atoms with E-state index in [9.17, 15) is 0 Å². The van der Waals surface area contributed by atoms with E-state index in [-0.39, 0.29) is 0 Å². The van der Waals surface area contributed by atoms with Crippen LogP contribution >= 0.6 is 22.9 Å². The normalized spacial score (nSPS) is 26.7. The first-order chi connectivity index (χ1) is 7.36. The topological polar surface area (TPSA) is 24.9 Å². The van der Waals surface area contributed by atoms with Crippen molar-refractivity contribution >= 4 is 22.9 Å². The summed E-state index contributed by atoms with van der Waals surface area (Å²) in [4.78, 5) is 5.36. The quantitative estimate of drug-likeness (QED) is 0.824. The number of halogens is 1. The Morgan fingerprint density at radius 3 is 3.07 bits per heavy atom. The first-order valence-electron chi connectivity index (χ1n) is 5.58. The van der Waals surface area contributed by atoms with Crippen molar-refractivity contribution < 1.29 is 0 Å². The molecule has 0 amide bonds. The molecule has 0 radical (unpaired) electrons. The molecule has 1 aliphatic carbocycles. The zero-order chi connectivity index (χ0) is 10.5. The number of aromatic nitrogens is 1. The Morgan fingerprint density at radius 1 is 1.47 bits per heavy atom. The molecule has 1 heterocycles. The van der Waals surface area contributed by atoms with E-state index in [0.717, 1.165) is 13.1 Å². The van der Waals surface area contributed by atoms with Gasteiger partial charge in [-0.3, -0.25) is 4.98 Å². The van der Waals surface area contributed by atoms with Gasteiger partial charge in [-0.15, -0.1) is 22.9 Å². The lowest BCUT2D eigenvalue weighted by Crippen LogP contribution is -2.30. The third kappa shape index (κ3) is 3.44. The van der Waals surface area contributed by atoms with Crippen molar-refractivity contribution in [3.05, 3.63) is 16.6 Å². The number of hydrogen-bond acceptors (Lipinski definition) is 3. The van der Waals surface area contributed by atoms with Crippen LogP contribution in [0.3, 0.4) is 0 Å². The Labute approximate surface area is 100 Å². The van der Waals surface area contributed by atoms with Crippen LogP contribution in [0.4, 0.5) is 0 Å². The fraction of sp³-hybridized carbons (Fsp3) is 0.727. The maximum Gasteiger partial charge on any atom is 0.0794 e. The van der Waals surface area contributed by atoms with Crippen molar-refractivity contribution in [3.63, 3.8) is 0 Å². The third-order valence-corrected chi connectivity index (χ3v) is 4.36. The fourth-order valence-corrected chi connectivity index (χ4v) is 3.04. The summed E-state index contributed by atoms with van der Waals surface area (Å²) < 4.78 is 0. The fourth-order valence-electron chi connectivity index (χ4n) is 2.10. The van der Waals surface area contributed by atoms with Gasteiger partial charge in [0, 0.05) is 23.0 Å². The molecule has 84 valence electrons. The number of thiazole rings is 1. The first-order valence-corrected chi connectivity index (χ1v) is 6.90. The molecule has 2 nitrogen and oxygen atoms in total. The first kappa shape index (κ1) is 11.4. The van der Waals surface area contributed by atoms with Crippen molar-refractivity contribution in [1.82, 2.24) is 10.3 Å². The van der Waals surface area contributed by atoms with Crippen LogP contribution in [0.25, 0.3) is 0 Å². The third-order valence-electron chi connectivity index (χ3n) is 3.01. The summed E-state index contributed by atoms with van der Waals surface area (Å²) in [6.45, 7) is 1.98. The average molecular weight is 245 g/mol. The van der Waals surface area contributed by atoms with E-state index in [0.29, 0.717) is 11.3 Å². The van der Waals surface area contributed by atoms with Crippen molar-refractivity contribution in [2.24, 2.45) is 5.92 Å². The Hall–Kier alpha value is -0.120. The minimum atomic E-state index is 0.382. The van der Waals surface area contributed by atoms with Gasteiger partial charge in [0.05, 0.1) is 5.51 Å². The summed E-state index contributed by atoms with van der Waals surface area (Å²) in [5.74, 6) is 0.660. The molecule has 0 aromatic carbocycles. The molecule has 1 aromatic heterocycles. The lowest BCUT2D eigenvalue weighted by atomic mass is 9.89. The zero-order valence-electron chi connectivity index (χ0n) is 8.79. The summed E-state index contributed by atoms with van der Waals surface area (Å²) in [5, 5.41) is 3.86. The van der Waals surface area contributed by atoms with Gasteiger partial charge >= 0.3 is 0 Å². The Bertz CT molecular complexity index is 276. The van der Waals surface area contributed by atoms with E-state index >= 15 is 0 Å². The Kier molecular flexibility index (Phi) is 4.42. The van der Waals surface area contributed by atoms with E-state index < -0.39 is 0 Å². The number of hydrogen-bond donors (Lipinski definition) is 1. The van der Waals surface area contributed by atoms with Gasteiger partial charge in [0.1, 0.15) is 0 Å². The van der Waals surface area contributed by atoms with Gasteiger partial charge in [0.25, 0.3) is 0 Å². The molecule has 0 spiro atoms. The predicted octanol–water partition coefficient (Wildman–Crippen LogP) is 3.03. The summed E-state index contributed by atoms with van der Waals surface area (Å²) in [6, 6.07) is 0. The van der Waals surface area contributed by atoms with Crippen LogP contribution in [0, 0.1) is 5.92 Å². The largest absolute Gasteiger partial charge is 0.311 e. The Balaban J connectivity index is 1.68. The molecule has 2 atom stereocenters. The summed E-state index contributed by atoms with van der Waals surface area (Å²) in [6.07, 6.45) is 7.05. The molecular formula is C11H17ClN2S. The van der Waals surface area contributed by atoms with Crippen LogP contribution in [-0.4, -0.2) is 16.9 Å². The van der Waals surface area contributed by atoms with Gasteiger partial charge in [-0.25, -0.2) is 0 Å². The molecule has 1 aromatic rings. The van der Waals surface area contributed by atoms with E-state index in [4.69, 9.17) is 11.6 Å². The summed E-state index contributed by atoms with van der Waals surface area (Å²) in [5.41, 5.74) is 1.88. The van der Waals surface area contributed by atoms with Crippen LogP contribution in [-0.2, 0) is 6.54 Å². The molecule has 15 heavy (non-hydrogen) atoms. The Morgan fingerprint density at radius 2 is 2.33 bits per heavy atom. The molecule has 2 unspecified atom stereocenters. The van der Waals surface area contributed by atoms with Gasteiger partial charge in [-0.05, 0) is 25.3 Å². The monoisotopic (exact) mass is 244 g/mol. The smallest absolute Gasteiger partial charge is 0.0794 e. The SMILES string of the molecule is ClC1CCCCC1CNCc1cncs1. The van der Waals surface area contributed by atoms with Crippen molar-refractivity contribution in [2.45, 2.75) is 37.6 Å². The van der Waals surface area contributed by atoms with Crippen LogP contribution in [0.5, 0.6) is 0 Å². The zero-order valence-corrected chi connectivity index (χ0v) is 10.4. The second kappa shape index (κ2) is 5.83. The number of nitrogens with one attached hydrogen (secondary N) is 1. The molecule has 2 rings (SSSR count). The molecule has 1 saturated carbocycles. The maximum absolute atomic E-state index is 6.29. The van der Waals surface area contributed by atoms with E-state index in [1.54, 1.807) is 11.3 Å². The standard InChI is InChI=1S/C11H17ClN2S/c12-11-4-2-1-3-9(11)5-13-6-10-7-14-8-15-10/h7-9,11,13H,1-6H2. The molecular weight excluding hydrogens is 228 g/mol. The lowest BCUT2D eigenvalue weighted by Gasteiger charge is -2.27. The van der Waals surface area contributed by atoms with Crippen LogP contribution < -0.4 is 5.32 Å². The van der Waals surface area contributed by atoms with Gasteiger partial charge in [-0.2, -0.15) is 0 Å². The highest BCUT2D eigenvalue weighted by Gasteiger charge is 2.22. The molecule has 0 saturated heterocycles. The minimum absolute atomic E-state index is 0.382. The second-order valence-corrected chi connectivity index (χ2v) is 5.69. The van der Waals surface area contributed by atoms with E-state index in [1.165, 1.54) is 30.6 Å². The highest BCUT2D eigenvalue weighted by atomic mass is 35.5. The molecule has 1 N–H and O–H groups in total. The predicted molar refractivity (Wildman–Crippen MR) is 65.4 cm³/mol. The highest BCUT2D eigenvalue weighted by Crippen LogP contribution is 2.28. The van der Waals surface area contributed by atoms with Gasteiger partial charge in [0.15, 0.2) is 0 Å². The van der Waals surface area contributed by atoms with Crippen molar-refractivity contribution in [3.8, 4) is 0 Å². The summed E-state index contributed by atoms with van der Waals surface area (Å²) >= 11 is 8.00. The number of nitrogens with zero attached hydrogens (tertiary/aromatic N) is 1. The lowest BCUT2D eigenvalue weighted by molar-refractivity contribution is 0.349. The molecule has 1 fully saturated rings. The van der Waals surface area contributed by atoms with Crippen molar-refractivity contribution in [2.75, 3.05) is 6.54 Å². The average Bonchev–Trinajstić information content (AvgIpc) is 2.74. The number of alkyl halides is 1. The maximum atomic E-state index is 6.29. The molecule has 0 bridgehead atoms. The van der Waals surface area contributed by atoms with Gasteiger partial charge in [-0.1, -0.05) is 12.8 Å². The van der Waals surface area contributed by atoms with Crippen LogP contribution in [0.15, 0.2) is 11.7 Å². The van der Waals surface area contributed by atoms with Crippen LogP contribution in [0.1, 0.15) is 30.6 Å². The molecule has 1 aliphatic rings. The van der Waals surface area contributed by atoms with E-state index in [1.807, 2.05) is 11.7 Å².